The topological polar surface area (TPSA) is 132 Å². The number of hydrogen-bond donors (Lipinski definition) is 2. The van der Waals surface area contributed by atoms with E-state index in [9.17, 15) is 19.8 Å². The minimum atomic E-state index is -1.13. The number of unbranched alkanes of at least 4 members (excludes halogenated alkanes) is 14. The van der Waals surface area contributed by atoms with Gasteiger partial charge in [0.1, 0.15) is 0 Å². The van der Waals surface area contributed by atoms with Crippen LogP contribution in [0.1, 0.15) is 129 Å². The standard InChI is InChI=1S/2C12H25NO2.Zn/c2*1-2-3-4-5-6-7-8-9-10-11(13)12(14)15;/h2*11H,2-10,13H2,1H3,(H,14,15);/q;;+2/p-2. The van der Waals surface area contributed by atoms with Gasteiger partial charge >= 0.3 is 19.5 Å². The molecule has 4 N–H and O–H groups in total. The van der Waals surface area contributed by atoms with E-state index in [2.05, 4.69) is 13.8 Å². The second-order valence-electron chi connectivity index (χ2n) is 8.38. The van der Waals surface area contributed by atoms with Crippen LogP contribution in [0, 0.1) is 0 Å². The first-order valence-electron chi connectivity index (χ1n) is 12.3. The molecule has 7 heteroatoms. The SMILES string of the molecule is CCCCCCCCCCC(N)C(=O)[O-].CCCCCCCCCCC(N)C(=O)[O-].[Zn+2]. The zero-order chi connectivity index (χ0) is 23.0. The second kappa shape index (κ2) is 27.5. The van der Waals surface area contributed by atoms with Gasteiger partial charge in [0.2, 0.25) is 0 Å². The number of carboxylic acids is 2. The van der Waals surface area contributed by atoms with E-state index >= 15 is 0 Å². The van der Waals surface area contributed by atoms with Gasteiger partial charge in [-0.2, -0.15) is 0 Å². The van der Waals surface area contributed by atoms with Crippen LogP contribution in [0.5, 0.6) is 0 Å². The van der Waals surface area contributed by atoms with Crippen LogP contribution >= 0.6 is 0 Å². The minimum Gasteiger partial charge on any atom is -0.548 e. The van der Waals surface area contributed by atoms with Gasteiger partial charge in [0.25, 0.3) is 0 Å². The molecular weight excluding hydrogens is 446 g/mol. The number of carboxylic acid groups (broad SMARTS) is 2. The Labute approximate surface area is 204 Å². The summed E-state index contributed by atoms with van der Waals surface area (Å²) in [5.74, 6) is -2.25. The van der Waals surface area contributed by atoms with Crippen molar-refractivity contribution < 1.29 is 39.3 Å². The van der Waals surface area contributed by atoms with Gasteiger partial charge in [-0.15, -0.1) is 0 Å². The van der Waals surface area contributed by atoms with Crippen molar-refractivity contribution in [2.75, 3.05) is 0 Å². The minimum absolute atomic E-state index is 0. The molecule has 0 saturated carbocycles. The third-order valence-corrected chi connectivity index (χ3v) is 5.34. The van der Waals surface area contributed by atoms with Crippen LogP contribution in [0.25, 0.3) is 0 Å². The molecule has 180 valence electrons. The predicted molar refractivity (Wildman–Crippen MR) is 120 cm³/mol. The smallest absolute Gasteiger partial charge is 0.548 e. The first kappa shape index (κ1) is 35.1. The number of nitrogens with two attached hydrogens (primary N) is 2. The van der Waals surface area contributed by atoms with Gasteiger partial charge in [-0.1, -0.05) is 117 Å². The Morgan fingerprint density at radius 1 is 0.548 bits per heavy atom. The maximum atomic E-state index is 10.3. The molecule has 0 aromatic carbocycles. The van der Waals surface area contributed by atoms with E-state index in [1.54, 1.807) is 0 Å². The molecule has 0 aromatic heterocycles. The van der Waals surface area contributed by atoms with E-state index < -0.39 is 24.0 Å². The average molecular weight is 494 g/mol. The van der Waals surface area contributed by atoms with Gasteiger partial charge in [0.05, 0.1) is 11.9 Å². The molecule has 6 nitrogen and oxygen atoms in total. The van der Waals surface area contributed by atoms with E-state index in [0.717, 1.165) is 25.7 Å². The van der Waals surface area contributed by atoms with E-state index in [1.807, 2.05) is 0 Å². The Kier molecular flexibility index (Phi) is 31.1. The van der Waals surface area contributed by atoms with Crippen molar-refractivity contribution in [3.05, 3.63) is 0 Å². The molecule has 0 spiro atoms. The fraction of sp³-hybridized carbons (Fsp3) is 0.917. The van der Waals surface area contributed by atoms with Gasteiger partial charge in [-0.25, -0.2) is 0 Å². The third-order valence-electron chi connectivity index (χ3n) is 5.34. The van der Waals surface area contributed by atoms with Gasteiger partial charge < -0.3 is 31.3 Å². The Hall–Kier alpha value is -0.517. The van der Waals surface area contributed by atoms with Gasteiger partial charge in [0, 0.05) is 12.1 Å². The fourth-order valence-electron chi connectivity index (χ4n) is 3.23. The number of carbonyl (C=O) groups excluding carboxylic acids is 2. The van der Waals surface area contributed by atoms with Crippen molar-refractivity contribution in [3.63, 3.8) is 0 Å². The molecule has 0 aliphatic carbocycles. The molecule has 31 heavy (non-hydrogen) atoms. The van der Waals surface area contributed by atoms with Gasteiger partial charge in [0.15, 0.2) is 0 Å². The first-order chi connectivity index (χ1) is 14.4. The second-order valence-corrected chi connectivity index (χ2v) is 8.38. The average Bonchev–Trinajstić information content (AvgIpc) is 2.71. The summed E-state index contributed by atoms with van der Waals surface area (Å²) in [6.45, 7) is 4.42. The largest absolute Gasteiger partial charge is 2.00 e. The van der Waals surface area contributed by atoms with Crippen LogP contribution in [0.3, 0.4) is 0 Å². The van der Waals surface area contributed by atoms with Gasteiger partial charge in [-0.3, -0.25) is 0 Å². The van der Waals surface area contributed by atoms with E-state index in [1.165, 1.54) is 77.0 Å². The number of rotatable bonds is 20. The summed E-state index contributed by atoms with van der Waals surface area (Å²) < 4.78 is 0. The Morgan fingerprint density at radius 3 is 1.00 bits per heavy atom. The molecule has 0 aliphatic rings. The molecule has 0 amide bonds. The van der Waals surface area contributed by atoms with Crippen LogP contribution in [0.4, 0.5) is 0 Å². The Balaban J connectivity index is -0.000000490. The van der Waals surface area contributed by atoms with Crippen LogP contribution in [0.15, 0.2) is 0 Å². The summed E-state index contributed by atoms with van der Waals surface area (Å²) in [5, 5.41) is 20.6. The first-order valence-corrected chi connectivity index (χ1v) is 12.3. The monoisotopic (exact) mass is 492 g/mol. The number of hydrogen-bond acceptors (Lipinski definition) is 6. The number of aliphatic carboxylic acids is 2. The van der Waals surface area contributed by atoms with Crippen molar-refractivity contribution >= 4 is 11.9 Å². The number of carbonyl (C=O) groups is 2. The third kappa shape index (κ3) is 29.5. The molecule has 0 radical (unpaired) electrons. The molecule has 0 rings (SSSR count). The molecule has 2 atom stereocenters. The summed E-state index contributed by atoms with van der Waals surface area (Å²) in [6, 6.07) is -1.55. The molecule has 0 bridgehead atoms. The summed E-state index contributed by atoms with van der Waals surface area (Å²) >= 11 is 0. The summed E-state index contributed by atoms with van der Waals surface area (Å²) in [7, 11) is 0. The van der Waals surface area contributed by atoms with Crippen molar-refractivity contribution in [3.8, 4) is 0 Å². The maximum absolute atomic E-state index is 10.3. The predicted octanol–water partition coefficient (Wildman–Crippen LogP) is 3.19. The summed E-state index contributed by atoms with van der Waals surface area (Å²) in [6.07, 6.45) is 20.5. The zero-order valence-electron chi connectivity index (χ0n) is 20.4. The maximum Gasteiger partial charge on any atom is 2.00 e. The zero-order valence-corrected chi connectivity index (χ0v) is 23.3. The normalized spacial score (nSPS) is 12.3. The van der Waals surface area contributed by atoms with E-state index in [0.29, 0.717) is 12.8 Å². The molecular formula is C24H48N2O4Zn. The quantitative estimate of drug-likeness (QED) is 0.198. The van der Waals surface area contributed by atoms with Crippen LogP contribution in [-0.2, 0) is 29.1 Å². The molecule has 0 aliphatic heterocycles. The van der Waals surface area contributed by atoms with E-state index in [4.69, 9.17) is 11.5 Å². The Morgan fingerprint density at radius 2 is 0.774 bits per heavy atom. The fourth-order valence-corrected chi connectivity index (χ4v) is 3.23. The molecule has 0 aromatic rings. The molecule has 0 saturated heterocycles. The van der Waals surface area contributed by atoms with Crippen molar-refractivity contribution in [2.45, 2.75) is 142 Å². The summed E-state index contributed by atoms with van der Waals surface area (Å²) in [5.41, 5.74) is 10.7. The van der Waals surface area contributed by atoms with E-state index in [-0.39, 0.29) is 19.5 Å². The van der Waals surface area contributed by atoms with Crippen LogP contribution in [0.2, 0.25) is 0 Å². The molecule has 0 fully saturated rings. The van der Waals surface area contributed by atoms with Crippen molar-refractivity contribution in [2.24, 2.45) is 11.5 Å². The molecule has 0 heterocycles. The molecule has 2 unspecified atom stereocenters. The van der Waals surface area contributed by atoms with Crippen molar-refractivity contribution in [1.82, 2.24) is 0 Å². The summed E-state index contributed by atoms with van der Waals surface area (Å²) in [4.78, 5) is 20.6. The Bertz CT molecular complexity index is 362. The van der Waals surface area contributed by atoms with Crippen LogP contribution in [-0.4, -0.2) is 24.0 Å². The van der Waals surface area contributed by atoms with Crippen LogP contribution < -0.4 is 21.7 Å². The van der Waals surface area contributed by atoms with Crippen molar-refractivity contribution in [1.29, 1.82) is 0 Å². The van der Waals surface area contributed by atoms with Gasteiger partial charge in [-0.05, 0) is 12.8 Å².